The Morgan fingerprint density at radius 1 is 0.912 bits per heavy atom. The van der Waals surface area contributed by atoms with Crippen molar-refractivity contribution in [2.24, 2.45) is 0 Å². The molecule has 34 heavy (non-hydrogen) atoms. The summed E-state index contributed by atoms with van der Waals surface area (Å²) in [4.78, 5) is 28.9. The van der Waals surface area contributed by atoms with Gasteiger partial charge < -0.3 is 9.84 Å². The van der Waals surface area contributed by atoms with Gasteiger partial charge >= 0.3 is 5.69 Å². The van der Waals surface area contributed by atoms with Crippen LogP contribution in [0, 0.1) is 0 Å². The quantitative estimate of drug-likeness (QED) is 0.482. The van der Waals surface area contributed by atoms with Gasteiger partial charge in [-0.3, -0.25) is 18.8 Å². The van der Waals surface area contributed by atoms with Crippen molar-refractivity contribution < 1.29 is 9.84 Å². The van der Waals surface area contributed by atoms with Crippen LogP contribution in [0.15, 0.2) is 82.4 Å². The first-order valence-electron chi connectivity index (χ1n) is 11.4. The van der Waals surface area contributed by atoms with Crippen LogP contribution in [0.2, 0.25) is 0 Å². The topological polar surface area (TPSA) is 76.7 Å². The molecule has 1 aromatic heterocycles. The van der Waals surface area contributed by atoms with Crippen LogP contribution in [-0.2, 0) is 19.5 Å². The van der Waals surface area contributed by atoms with Gasteiger partial charge in [-0.2, -0.15) is 0 Å². The third-order valence-corrected chi connectivity index (χ3v) is 6.45. The molecule has 0 saturated carbocycles. The molecule has 0 fully saturated rings. The molecule has 4 aromatic rings. The Morgan fingerprint density at radius 2 is 1.62 bits per heavy atom. The van der Waals surface area contributed by atoms with E-state index in [0.29, 0.717) is 28.9 Å². The number of benzene rings is 3. The van der Waals surface area contributed by atoms with Gasteiger partial charge in [-0.05, 0) is 53.9 Å². The number of aliphatic hydroxyl groups is 1. The summed E-state index contributed by atoms with van der Waals surface area (Å²) in [5.74, 6) is 0.674. The Balaban J connectivity index is 1.47. The highest BCUT2D eigenvalue weighted by Gasteiger charge is 2.21. The van der Waals surface area contributed by atoms with Gasteiger partial charge in [-0.25, -0.2) is 4.79 Å². The maximum atomic E-state index is 13.5. The van der Waals surface area contributed by atoms with E-state index in [9.17, 15) is 14.7 Å². The number of nitrogens with zero attached hydrogens (tertiary/aromatic N) is 3. The summed E-state index contributed by atoms with van der Waals surface area (Å²) in [5.41, 5.74) is 2.87. The Morgan fingerprint density at radius 3 is 2.38 bits per heavy atom. The Hall–Kier alpha value is -3.68. The SMILES string of the molecule is COc1ccc(-n2c(=O)n(CC(O)CN3CCc4ccccc4C3)c(=O)c3ccccc32)cc1. The van der Waals surface area contributed by atoms with E-state index in [-0.39, 0.29) is 6.54 Å². The van der Waals surface area contributed by atoms with Gasteiger partial charge in [-0.15, -0.1) is 0 Å². The molecule has 0 bridgehead atoms. The maximum absolute atomic E-state index is 13.5. The Kier molecular flexibility index (Phi) is 6.04. The second kappa shape index (κ2) is 9.29. The molecule has 1 N–H and O–H groups in total. The molecule has 1 aliphatic heterocycles. The van der Waals surface area contributed by atoms with Crippen molar-refractivity contribution in [1.29, 1.82) is 0 Å². The fourth-order valence-corrected chi connectivity index (χ4v) is 4.72. The number of hydrogen-bond acceptors (Lipinski definition) is 5. The number of rotatable bonds is 6. The molecule has 1 aliphatic rings. The van der Waals surface area contributed by atoms with E-state index in [2.05, 4.69) is 17.0 Å². The van der Waals surface area contributed by atoms with Crippen LogP contribution < -0.4 is 16.0 Å². The second-order valence-corrected chi connectivity index (χ2v) is 8.66. The highest BCUT2D eigenvalue weighted by molar-refractivity contribution is 5.79. The number of aliphatic hydroxyl groups excluding tert-OH is 1. The zero-order valence-corrected chi connectivity index (χ0v) is 19.1. The number of fused-ring (bicyclic) bond motifs is 2. The first-order valence-corrected chi connectivity index (χ1v) is 11.4. The first-order chi connectivity index (χ1) is 16.5. The van der Waals surface area contributed by atoms with Crippen molar-refractivity contribution in [2.45, 2.75) is 25.6 Å². The highest BCUT2D eigenvalue weighted by atomic mass is 16.5. The minimum absolute atomic E-state index is 0.0726. The predicted molar refractivity (Wildman–Crippen MR) is 132 cm³/mol. The molecule has 2 heterocycles. The summed E-state index contributed by atoms with van der Waals surface area (Å²) < 4.78 is 7.89. The molecule has 0 amide bonds. The second-order valence-electron chi connectivity index (χ2n) is 8.66. The number of para-hydroxylation sites is 1. The van der Waals surface area contributed by atoms with Crippen LogP contribution in [0.3, 0.4) is 0 Å². The standard InChI is InChI=1S/C27H27N3O4/c1-34-23-12-10-21(11-13-23)30-25-9-5-4-8-24(25)26(32)29(27(30)33)18-22(31)17-28-15-14-19-6-2-3-7-20(19)16-28/h2-13,22,31H,14-18H2,1H3. The van der Waals surface area contributed by atoms with Crippen molar-refractivity contribution in [3.8, 4) is 11.4 Å². The molecular weight excluding hydrogens is 430 g/mol. The lowest BCUT2D eigenvalue weighted by molar-refractivity contribution is 0.0899. The minimum atomic E-state index is -0.860. The summed E-state index contributed by atoms with van der Waals surface area (Å²) in [7, 11) is 1.58. The molecule has 0 spiro atoms. The van der Waals surface area contributed by atoms with Crippen LogP contribution in [0.1, 0.15) is 11.1 Å². The molecule has 3 aromatic carbocycles. The van der Waals surface area contributed by atoms with Crippen molar-refractivity contribution >= 4 is 10.9 Å². The van der Waals surface area contributed by atoms with Gasteiger partial charge in [0, 0.05) is 19.6 Å². The number of β-amino-alcohol motifs (C(OH)–C–C–N with tert-alkyl or cyclic N) is 1. The number of aromatic nitrogens is 2. The lowest BCUT2D eigenvalue weighted by Gasteiger charge is -2.30. The molecule has 0 saturated heterocycles. The number of ether oxygens (including phenoxy) is 1. The smallest absolute Gasteiger partial charge is 0.336 e. The van der Waals surface area contributed by atoms with Crippen molar-refractivity contribution in [1.82, 2.24) is 14.0 Å². The summed E-state index contributed by atoms with van der Waals surface area (Å²) >= 11 is 0. The monoisotopic (exact) mass is 457 g/mol. The molecule has 1 unspecified atom stereocenters. The summed E-state index contributed by atoms with van der Waals surface area (Å²) in [6, 6.07) is 22.5. The average molecular weight is 458 g/mol. The van der Waals surface area contributed by atoms with Gasteiger partial charge in [-0.1, -0.05) is 36.4 Å². The molecule has 174 valence electrons. The van der Waals surface area contributed by atoms with Gasteiger partial charge in [0.2, 0.25) is 0 Å². The van der Waals surface area contributed by atoms with Gasteiger partial charge in [0.25, 0.3) is 5.56 Å². The molecule has 1 atom stereocenters. The normalized spacial score (nSPS) is 14.6. The highest BCUT2D eigenvalue weighted by Crippen LogP contribution is 2.19. The maximum Gasteiger partial charge on any atom is 0.336 e. The third kappa shape index (κ3) is 4.16. The molecule has 0 radical (unpaired) electrons. The third-order valence-electron chi connectivity index (χ3n) is 6.45. The summed E-state index contributed by atoms with van der Waals surface area (Å²) in [5, 5.41) is 11.3. The molecule has 5 rings (SSSR count). The Labute approximate surface area is 197 Å². The molecule has 0 aliphatic carbocycles. The van der Waals surface area contributed by atoms with Crippen LogP contribution in [0.5, 0.6) is 5.75 Å². The zero-order chi connectivity index (χ0) is 23.7. The van der Waals surface area contributed by atoms with Crippen LogP contribution >= 0.6 is 0 Å². The first kappa shape index (κ1) is 22.1. The average Bonchev–Trinajstić information content (AvgIpc) is 2.87. The van der Waals surface area contributed by atoms with Gasteiger partial charge in [0.1, 0.15) is 5.75 Å². The van der Waals surface area contributed by atoms with Crippen LogP contribution in [0.4, 0.5) is 0 Å². The summed E-state index contributed by atoms with van der Waals surface area (Å²) in [6.07, 6.45) is 0.0597. The van der Waals surface area contributed by atoms with Gasteiger partial charge in [0.05, 0.1) is 36.3 Å². The van der Waals surface area contributed by atoms with E-state index >= 15 is 0 Å². The molecular formula is C27H27N3O4. The fourth-order valence-electron chi connectivity index (χ4n) is 4.72. The van der Waals surface area contributed by atoms with E-state index < -0.39 is 17.4 Å². The fraction of sp³-hybridized carbons (Fsp3) is 0.259. The van der Waals surface area contributed by atoms with Crippen molar-refractivity contribution in [3.63, 3.8) is 0 Å². The van der Waals surface area contributed by atoms with Crippen molar-refractivity contribution in [2.75, 3.05) is 20.2 Å². The zero-order valence-electron chi connectivity index (χ0n) is 19.1. The van der Waals surface area contributed by atoms with E-state index in [1.54, 1.807) is 55.6 Å². The van der Waals surface area contributed by atoms with E-state index in [0.717, 1.165) is 24.1 Å². The Bertz CT molecular complexity index is 1440. The van der Waals surface area contributed by atoms with Crippen LogP contribution in [0.25, 0.3) is 16.6 Å². The summed E-state index contributed by atoms with van der Waals surface area (Å²) in [6.45, 7) is 1.89. The van der Waals surface area contributed by atoms with Crippen molar-refractivity contribution in [3.05, 3.63) is 105 Å². The van der Waals surface area contributed by atoms with Crippen LogP contribution in [-0.4, -0.2) is 45.4 Å². The van der Waals surface area contributed by atoms with E-state index in [1.807, 2.05) is 12.1 Å². The number of hydrogen-bond donors (Lipinski definition) is 1. The minimum Gasteiger partial charge on any atom is -0.497 e. The van der Waals surface area contributed by atoms with E-state index in [4.69, 9.17) is 4.74 Å². The number of methoxy groups -OCH3 is 1. The molecule has 7 heteroatoms. The van der Waals surface area contributed by atoms with E-state index in [1.165, 1.54) is 15.7 Å². The largest absolute Gasteiger partial charge is 0.497 e. The van der Waals surface area contributed by atoms with Gasteiger partial charge in [0.15, 0.2) is 0 Å². The predicted octanol–water partition coefficient (Wildman–Crippen LogP) is 2.58. The molecule has 7 nitrogen and oxygen atoms in total. The lowest BCUT2D eigenvalue weighted by atomic mass is 10.00. The lowest BCUT2D eigenvalue weighted by Crippen LogP contribution is -2.45.